The van der Waals surface area contributed by atoms with Crippen molar-refractivity contribution in [1.82, 2.24) is 5.32 Å². The number of carbonyl (C=O) groups excluding carboxylic acids is 2. The molecular weight excluding hydrogens is 278 g/mol. The van der Waals surface area contributed by atoms with Gasteiger partial charge in [-0.05, 0) is 42.5 Å². The van der Waals surface area contributed by atoms with Crippen molar-refractivity contribution < 1.29 is 14.3 Å². The Morgan fingerprint density at radius 1 is 1.18 bits per heavy atom. The molecule has 1 fully saturated rings. The van der Waals surface area contributed by atoms with Gasteiger partial charge in [-0.2, -0.15) is 0 Å². The van der Waals surface area contributed by atoms with Gasteiger partial charge in [0.2, 0.25) is 5.91 Å². The Balaban J connectivity index is 1.90. The van der Waals surface area contributed by atoms with E-state index < -0.39 is 0 Å². The SMILES string of the molecule is COC(=O)c1ccc(/C=C/C(=O)N[C@@H]2CCCC[C@@H]2C)cc1. The minimum Gasteiger partial charge on any atom is -0.465 e. The maximum Gasteiger partial charge on any atom is 0.337 e. The minimum absolute atomic E-state index is 0.0594. The van der Waals surface area contributed by atoms with Gasteiger partial charge in [0.25, 0.3) is 0 Å². The number of benzene rings is 1. The molecule has 0 aromatic heterocycles. The van der Waals surface area contributed by atoms with Crippen molar-refractivity contribution in [2.45, 2.75) is 38.6 Å². The number of ether oxygens (including phenoxy) is 1. The van der Waals surface area contributed by atoms with E-state index >= 15 is 0 Å². The molecule has 0 unspecified atom stereocenters. The van der Waals surface area contributed by atoms with Crippen molar-refractivity contribution in [3.05, 3.63) is 41.5 Å². The smallest absolute Gasteiger partial charge is 0.337 e. The van der Waals surface area contributed by atoms with E-state index in [1.165, 1.54) is 26.4 Å². The fourth-order valence-corrected chi connectivity index (χ4v) is 2.78. The summed E-state index contributed by atoms with van der Waals surface area (Å²) < 4.78 is 4.65. The van der Waals surface area contributed by atoms with Gasteiger partial charge in [-0.25, -0.2) is 4.79 Å². The van der Waals surface area contributed by atoms with Gasteiger partial charge in [-0.3, -0.25) is 4.79 Å². The summed E-state index contributed by atoms with van der Waals surface area (Å²) in [4.78, 5) is 23.3. The summed E-state index contributed by atoms with van der Waals surface area (Å²) in [5, 5.41) is 3.08. The van der Waals surface area contributed by atoms with E-state index in [1.807, 2.05) is 0 Å². The average Bonchev–Trinajstić information content (AvgIpc) is 2.55. The van der Waals surface area contributed by atoms with Gasteiger partial charge in [-0.1, -0.05) is 31.9 Å². The molecule has 1 amide bonds. The number of nitrogens with one attached hydrogen (secondary N) is 1. The first-order chi connectivity index (χ1) is 10.6. The standard InChI is InChI=1S/C18H23NO3/c1-13-5-3-4-6-16(13)19-17(20)12-9-14-7-10-15(11-8-14)18(21)22-2/h7-13,16H,3-6H2,1-2H3,(H,19,20)/b12-9+/t13-,16+/m0/s1. The van der Waals surface area contributed by atoms with Crippen LogP contribution in [0.5, 0.6) is 0 Å². The van der Waals surface area contributed by atoms with Crippen LogP contribution >= 0.6 is 0 Å². The summed E-state index contributed by atoms with van der Waals surface area (Å²) in [5.41, 5.74) is 1.37. The number of esters is 1. The first-order valence-electron chi connectivity index (χ1n) is 7.77. The van der Waals surface area contributed by atoms with Crippen LogP contribution in [0.1, 0.15) is 48.5 Å². The van der Waals surface area contributed by atoms with Crippen LogP contribution in [-0.2, 0) is 9.53 Å². The zero-order valence-corrected chi connectivity index (χ0v) is 13.2. The molecule has 4 heteroatoms. The zero-order chi connectivity index (χ0) is 15.9. The van der Waals surface area contributed by atoms with Crippen LogP contribution in [0.4, 0.5) is 0 Å². The second-order valence-electron chi connectivity index (χ2n) is 5.82. The van der Waals surface area contributed by atoms with Crippen LogP contribution in [0.2, 0.25) is 0 Å². The summed E-state index contributed by atoms with van der Waals surface area (Å²) in [6.45, 7) is 2.19. The summed E-state index contributed by atoms with van der Waals surface area (Å²) in [6, 6.07) is 7.24. The molecule has 0 radical (unpaired) electrons. The second-order valence-corrected chi connectivity index (χ2v) is 5.82. The summed E-state index contributed by atoms with van der Waals surface area (Å²) in [7, 11) is 1.35. The Morgan fingerprint density at radius 3 is 2.50 bits per heavy atom. The van der Waals surface area contributed by atoms with Gasteiger partial charge >= 0.3 is 5.97 Å². The maximum absolute atomic E-state index is 12.0. The van der Waals surface area contributed by atoms with Gasteiger partial charge in [-0.15, -0.1) is 0 Å². The highest BCUT2D eigenvalue weighted by atomic mass is 16.5. The van der Waals surface area contributed by atoms with Crippen LogP contribution < -0.4 is 5.32 Å². The molecule has 0 heterocycles. The van der Waals surface area contributed by atoms with E-state index in [4.69, 9.17) is 0 Å². The lowest BCUT2D eigenvalue weighted by Crippen LogP contribution is -2.40. The first-order valence-corrected chi connectivity index (χ1v) is 7.77. The van der Waals surface area contributed by atoms with Crippen molar-refractivity contribution in [2.24, 2.45) is 5.92 Å². The van der Waals surface area contributed by atoms with Crippen molar-refractivity contribution in [1.29, 1.82) is 0 Å². The number of carbonyl (C=O) groups is 2. The fourth-order valence-electron chi connectivity index (χ4n) is 2.78. The van der Waals surface area contributed by atoms with Crippen molar-refractivity contribution in [2.75, 3.05) is 7.11 Å². The number of hydrogen-bond acceptors (Lipinski definition) is 3. The molecule has 0 aliphatic heterocycles. The molecule has 22 heavy (non-hydrogen) atoms. The number of hydrogen-bond donors (Lipinski definition) is 1. The van der Waals surface area contributed by atoms with Crippen LogP contribution in [-0.4, -0.2) is 25.0 Å². The lowest BCUT2D eigenvalue weighted by molar-refractivity contribution is -0.117. The normalized spacial score (nSPS) is 21.5. The Morgan fingerprint density at radius 2 is 1.86 bits per heavy atom. The molecule has 4 nitrogen and oxygen atoms in total. The molecule has 1 aromatic carbocycles. The van der Waals surface area contributed by atoms with E-state index in [0.29, 0.717) is 11.5 Å². The molecule has 0 bridgehead atoms. The van der Waals surface area contributed by atoms with E-state index in [-0.39, 0.29) is 17.9 Å². The quantitative estimate of drug-likeness (QED) is 0.686. The Kier molecular flexibility index (Phi) is 5.75. The van der Waals surface area contributed by atoms with Gasteiger partial charge < -0.3 is 10.1 Å². The fraction of sp³-hybridized carbons (Fsp3) is 0.444. The van der Waals surface area contributed by atoms with Gasteiger partial charge in [0, 0.05) is 12.1 Å². The monoisotopic (exact) mass is 301 g/mol. The van der Waals surface area contributed by atoms with E-state index in [2.05, 4.69) is 17.0 Å². The Hall–Kier alpha value is -2.10. The van der Waals surface area contributed by atoms with Gasteiger partial charge in [0.15, 0.2) is 0 Å². The second kappa shape index (κ2) is 7.78. The van der Waals surface area contributed by atoms with Crippen LogP contribution in [0.3, 0.4) is 0 Å². The largest absolute Gasteiger partial charge is 0.465 e. The van der Waals surface area contributed by atoms with Crippen molar-refractivity contribution in [3.63, 3.8) is 0 Å². The predicted octanol–water partition coefficient (Wildman–Crippen LogP) is 3.18. The third-order valence-electron chi connectivity index (χ3n) is 4.20. The maximum atomic E-state index is 12.0. The first kappa shape index (κ1) is 16.3. The van der Waals surface area contributed by atoms with Crippen LogP contribution in [0, 0.1) is 5.92 Å². The highest BCUT2D eigenvalue weighted by Gasteiger charge is 2.21. The zero-order valence-electron chi connectivity index (χ0n) is 13.2. The molecule has 1 aromatic rings. The summed E-state index contributed by atoms with van der Waals surface area (Å²) in [5.74, 6) is 0.126. The molecule has 0 saturated heterocycles. The van der Waals surface area contributed by atoms with E-state index in [9.17, 15) is 9.59 Å². The van der Waals surface area contributed by atoms with Crippen molar-refractivity contribution >= 4 is 18.0 Å². The molecule has 118 valence electrons. The van der Waals surface area contributed by atoms with Crippen molar-refractivity contribution in [3.8, 4) is 0 Å². The molecule has 1 aliphatic carbocycles. The van der Waals surface area contributed by atoms with Crippen LogP contribution in [0.15, 0.2) is 30.3 Å². The predicted molar refractivity (Wildman–Crippen MR) is 86.4 cm³/mol. The Labute approximate surface area is 131 Å². The molecular formula is C18H23NO3. The van der Waals surface area contributed by atoms with E-state index in [1.54, 1.807) is 36.4 Å². The van der Waals surface area contributed by atoms with E-state index in [0.717, 1.165) is 12.0 Å². The third-order valence-corrected chi connectivity index (χ3v) is 4.20. The third kappa shape index (κ3) is 4.45. The number of amides is 1. The highest BCUT2D eigenvalue weighted by molar-refractivity contribution is 5.92. The Bertz CT molecular complexity index is 548. The number of methoxy groups -OCH3 is 1. The van der Waals surface area contributed by atoms with Crippen LogP contribution in [0.25, 0.3) is 6.08 Å². The molecule has 2 rings (SSSR count). The molecule has 1 saturated carbocycles. The molecule has 0 spiro atoms. The summed E-state index contributed by atoms with van der Waals surface area (Å²) in [6.07, 6.45) is 8.00. The summed E-state index contributed by atoms with van der Waals surface area (Å²) >= 11 is 0. The topological polar surface area (TPSA) is 55.4 Å². The minimum atomic E-state index is -0.362. The van der Waals surface area contributed by atoms with Gasteiger partial charge in [0.1, 0.15) is 0 Å². The average molecular weight is 301 g/mol. The lowest BCUT2D eigenvalue weighted by Gasteiger charge is -2.29. The molecule has 1 aliphatic rings. The molecule has 2 atom stereocenters. The van der Waals surface area contributed by atoms with Gasteiger partial charge in [0.05, 0.1) is 12.7 Å². The number of rotatable bonds is 4. The molecule has 1 N–H and O–H groups in total. The highest BCUT2D eigenvalue weighted by Crippen LogP contribution is 2.23. The lowest BCUT2D eigenvalue weighted by atomic mass is 9.86.